The fourth-order valence-corrected chi connectivity index (χ4v) is 4.89. The average Bonchev–Trinajstić information content (AvgIpc) is 2.98. The van der Waals surface area contributed by atoms with Gasteiger partial charge in [0.2, 0.25) is 0 Å². The predicted molar refractivity (Wildman–Crippen MR) is 185 cm³/mol. The summed E-state index contributed by atoms with van der Waals surface area (Å²) in [5.74, 6) is 2.78. The highest BCUT2D eigenvalue weighted by Crippen LogP contribution is 2.46. The van der Waals surface area contributed by atoms with Crippen LogP contribution in [-0.4, -0.2) is 6.54 Å². The van der Waals surface area contributed by atoms with E-state index in [9.17, 15) is 0 Å². The van der Waals surface area contributed by atoms with Gasteiger partial charge in [-0.15, -0.1) is 0 Å². The highest BCUT2D eigenvalue weighted by molar-refractivity contribution is 5.78. The van der Waals surface area contributed by atoms with Crippen LogP contribution in [0.2, 0.25) is 0 Å². The zero-order valence-corrected chi connectivity index (χ0v) is 26.1. The fraction of sp³-hybridized carbons (Fsp3) is 0.250. The maximum Gasteiger partial charge on any atom is 0.151 e. The third kappa shape index (κ3) is 8.60. The van der Waals surface area contributed by atoms with Crippen LogP contribution in [0.25, 0.3) is 0 Å². The SMILES string of the molecule is C=C/C=C(\C=C/CC(C)C)C(/C=C(C=C)/C(C=C)=C/C=C(\CC)C(C)C)=C/CN1c2ccccc2Oc2ccccc21. The summed E-state index contributed by atoms with van der Waals surface area (Å²) in [5, 5.41) is 0. The molecule has 0 N–H and O–H groups in total. The molecule has 42 heavy (non-hydrogen) atoms. The van der Waals surface area contributed by atoms with Gasteiger partial charge in [-0.05, 0) is 77.3 Å². The van der Waals surface area contributed by atoms with E-state index in [0.29, 0.717) is 18.4 Å². The van der Waals surface area contributed by atoms with Crippen molar-refractivity contribution in [2.24, 2.45) is 11.8 Å². The Morgan fingerprint density at radius 1 is 0.786 bits per heavy atom. The number of hydrogen-bond acceptors (Lipinski definition) is 2. The van der Waals surface area contributed by atoms with Gasteiger partial charge in [-0.25, -0.2) is 0 Å². The van der Waals surface area contributed by atoms with Crippen LogP contribution in [0.3, 0.4) is 0 Å². The molecule has 2 nitrogen and oxygen atoms in total. The quantitative estimate of drug-likeness (QED) is 0.214. The summed E-state index contributed by atoms with van der Waals surface area (Å²) in [6.07, 6.45) is 23.1. The van der Waals surface area contributed by atoms with Gasteiger partial charge >= 0.3 is 0 Å². The molecule has 0 radical (unpaired) electrons. The van der Waals surface area contributed by atoms with Crippen molar-refractivity contribution in [2.75, 3.05) is 11.4 Å². The highest BCUT2D eigenvalue weighted by Gasteiger charge is 2.23. The van der Waals surface area contributed by atoms with E-state index in [1.54, 1.807) is 0 Å². The van der Waals surface area contributed by atoms with Gasteiger partial charge in [0.05, 0.1) is 11.4 Å². The monoisotopic (exact) mass is 557 g/mol. The molecule has 0 saturated heterocycles. The molecule has 0 aromatic heterocycles. The lowest BCUT2D eigenvalue weighted by Crippen LogP contribution is -2.21. The maximum absolute atomic E-state index is 6.23. The molecule has 0 spiro atoms. The van der Waals surface area contributed by atoms with Crippen LogP contribution >= 0.6 is 0 Å². The van der Waals surface area contributed by atoms with Crippen LogP contribution < -0.4 is 9.64 Å². The smallest absolute Gasteiger partial charge is 0.151 e. The lowest BCUT2D eigenvalue weighted by atomic mass is 9.95. The molecule has 0 fully saturated rings. The number of nitrogens with zero attached hydrogens (tertiary/aromatic N) is 1. The Kier molecular flexibility index (Phi) is 12.4. The molecule has 2 heteroatoms. The average molecular weight is 558 g/mol. The molecule has 1 heterocycles. The molecule has 0 aliphatic carbocycles. The standard InChI is InChI=1S/C40H47NO/c1-9-18-35(20-17-19-30(5)6)36(29-34(12-4)33(11-3)26-25-32(10-2)31(7)8)27-28-41-37-21-13-15-23-39(37)42-40-24-16-14-22-38(40)41/h9,11-18,20-27,29-31H,1,3-4,10,19,28H2,2,5-8H3/b20-17-,32-25+,33-26+,34-29+,35-18+,36-27+. The van der Waals surface area contributed by atoms with Gasteiger partial charge in [0.1, 0.15) is 0 Å². The Hall–Kier alpha value is -4.30. The molecule has 0 saturated carbocycles. The van der Waals surface area contributed by atoms with Gasteiger partial charge in [-0.2, -0.15) is 0 Å². The Morgan fingerprint density at radius 2 is 1.40 bits per heavy atom. The second-order valence-electron chi connectivity index (χ2n) is 11.1. The first kappa shape index (κ1) is 32.2. The number of rotatable bonds is 14. The number of para-hydroxylation sites is 4. The molecule has 0 atom stereocenters. The Labute approximate surface area is 254 Å². The largest absolute Gasteiger partial charge is 0.453 e. The highest BCUT2D eigenvalue weighted by atomic mass is 16.5. The van der Waals surface area contributed by atoms with Crippen molar-refractivity contribution < 1.29 is 4.74 Å². The number of hydrogen-bond donors (Lipinski definition) is 0. The summed E-state index contributed by atoms with van der Waals surface area (Å²) >= 11 is 0. The second-order valence-corrected chi connectivity index (χ2v) is 11.1. The molecule has 2 aromatic rings. The van der Waals surface area contributed by atoms with Gasteiger partial charge in [-0.3, -0.25) is 0 Å². The summed E-state index contributed by atoms with van der Waals surface area (Å²) in [6, 6.07) is 16.4. The summed E-state index contributed by atoms with van der Waals surface area (Å²) < 4.78 is 6.23. The zero-order valence-electron chi connectivity index (χ0n) is 26.1. The van der Waals surface area contributed by atoms with Gasteiger partial charge in [0.25, 0.3) is 0 Å². The Bertz CT molecular complexity index is 1390. The topological polar surface area (TPSA) is 12.5 Å². The van der Waals surface area contributed by atoms with E-state index in [2.05, 4.69) is 126 Å². The van der Waals surface area contributed by atoms with E-state index >= 15 is 0 Å². The molecule has 2 aromatic carbocycles. The normalized spacial score (nSPS) is 14.6. The van der Waals surface area contributed by atoms with Crippen molar-refractivity contribution in [1.29, 1.82) is 0 Å². The number of anilines is 2. The molecule has 218 valence electrons. The number of fused-ring (bicyclic) bond motifs is 2. The fourth-order valence-electron chi connectivity index (χ4n) is 4.89. The van der Waals surface area contributed by atoms with Crippen molar-refractivity contribution >= 4 is 11.4 Å². The van der Waals surface area contributed by atoms with Crippen LogP contribution in [0.4, 0.5) is 11.4 Å². The Balaban J connectivity index is 2.16. The van der Waals surface area contributed by atoms with Gasteiger partial charge in [0.15, 0.2) is 11.5 Å². The zero-order chi connectivity index (χ0) is 30.5. The van der Waals surface area contributed by atoms with E-state index < -0.39 is 0 Å². The van der Waals surface area contributed by atoms with E-state index in [1.165, 1.54) is 5.57 Å². The molecular weight excluding hydrogens is 510 g/mol. The number of ether oxygens (including phenoxy) is 1. The summed E-state index contributed by atoms with van der Waals surface area (Å²) in [7, 11) is 0. The molecule has 1 aliphatic rings. The summed E-state index contributed by atoms with van der Waals surface area (Å²) in [6.45, 7) is 24.1. The van der Waals surface area contributed by atoms with Gasteiger partial charge < -0.3 is 9.64 Å². The summed E-state index contributed by atoms with van der Waals surface area (Å²) in [4.78, 5) is 2.31. The minimum atomic E-state index is 0.497. The van der Waals surface area contributed by atoms with Crippen molar-refractivity contribution in [3.05, 3.63) is 157 Å². The van der Waals surface area contributed by atoms with Crippen molar-refractivity contribution in [1.82, 2.24) is 0 Å². The third-order valence-electron chi connectivity index (χ3n) is 7.27. The van der Waals surface area contributed by atoms with Crippen LogP contribution in [0, 0.1) is 11.8 Å². The van der Waals surface area contributed by atoms with Gasteiger partial charge in [0, 0.05) is 6.54 Å². The number of benzene rings is 2. The maximum atomic E-state index is 6.23. The van der Waals surface area contributed by atoms with Crippen molar-refractivity contribution in [2.45, 2.75) is 47.5 Å². The molecular formula is C40H47NO. The van der Waals surface area contributed by atoms with E-state index in [1.807, 2.05) is 42.5 Å². The predicted octanol–water partition coefficient (Wildman–Crippen LogP) is 11.8. The molecule has 1 aliphatic heterocycles. The second kappa shape index (κ2) is 16.2. The van der Waals surface area contributed by atoms with Crippen molar-refractivity contribution in [3.63, 3.8) is 0 Å². The molecule has 0 unspecified atom stereocenters. The summed E-state index contributed by atoms with van der Waals surface area (Å²) in [5.41, 5.74) is 7.72. The lowest BCUT2D eigenvalue weighted by Gasteiger charge is -2.32. The minimum Gasteiger partial charge on any atom is -0.453 e. The Morgan fingerprint density at radius 3 is 1.93 bits per heavy atom. The van der Waals surface area contributed by atoms with E-state index in [0.717, 1.165) is 58.0 Å². The van der Waals surface area contributed by atoms with Crippen LogP contribution in [-0.2, 0) is 0 Å². The van der Waals surface area contributed by atoms with Gasteiger partial charge in [-0.1, -0.05) is 139 Å². The first-order valence-electron chi connectivity index (χ1n) is 15.0. The third-order valence-corrected chi connectivity index (χ3v) is 7.27. The van der Waals surface area contributed by atoms with E-state index in [4.69, 9.17) is 4.74 Å². The molecule has 0 bridgehead atoms. The molecule has 0 amide bonds. The first-order chi connectivity index (χ1) is 20.3. The van der Waals surface area contributed by atoms with Crippen LogP contribution in [0.1, 0.15) is 47.5 Å². The first-order valence-corrected chi connectivity index (χ1v) is 15.0. The van der Waals surface area contributed by atoms with Crippen LogP contribution in [0.5, 0.6) is 11.5 Å². The van der Waals surface area contributed by atoms with Crippen LogP contribution in [0.15, 0.2) is 157 Å². The molecule has 3 rings (SSSR count). The minimum absolute atomic E-state index is 0.497. The van der Waals surface area contributed by atoms with E-state index in [-0.39, 0.29) is 0 Å². The van der Waals surface area contributed by atoms with Crippen molar-refractivity contribution in [3.8, 4) is 11.5 Å². The number of allylic oxidation sites excluding steroid dienone is 14. The lowest BCUT2D eigenvalue weighted by molar-refractivity contribution is 0.474.